The Morgan fingerprint density at radius 3 is 2.61 bits per heavy atom. The summed E-state index contributed by atoms with van der Waals surface area (Å²) >= 11 is 0. The van der Waals surface area contributed by atoms with Crippen LogP contribution in [0.3, 0.4) is 0 Å². The van der Waals surface area contributed by atoms with Crippen molar-refractivity contribution in [1.29, 1.82) is 0 Å². The Morgan fingerprint density at radius 2 is 1.95 bits per heavy atom. The predicted molar refractivity (Wildman–Crippen MR) is 163 cm³/mol. The first-order chi connectivity index (χ1) is 19.5. The molecule has 214 valence electrons. The molecule has 2 aromatic carbocycles. The maximum Gasteiger partial charge on any atom is 0.258 e. The van der Waals surface area contributed by atoms with Gasteiger partial charge < -0.3 is 15.0 Å². The lowest BCUT2D eigenvalue weighted by molar-refractivity contribution is -0.00853. The molecular weight excluding hydrogens is 522 g/mol. The van der Waals surface area contributed by atoms with Gasteiger partial charge in [-0.05, 0) is 68.5 Å². The molecule has 1 N–H and O–H groups in total. The van der Waals surface area contributed by atoms with Crippen LogP contribution in [0.2, 0.25) is 0 Å². The molecule has 2 aromatic rings. The fraction of sp³-hybridized carbons (Fsp3) is 0.375. The van der Waals surface area contributed by atoms with Crippen LogP contribution < -0.4 is 10.1 Å². The zero-order valence-electron chi connectivity index (χ0n) is 24.2. The minimum Gasteiger partial charge on any atom is -0.457 e. The van der Waals surface area contributed by atoms with Gasteiger partial charge in [0.25, 0.3) is 5.92 Å². The van der Waals surface area contributed by atoms with Crippen LogP contribution in [0.25, 0.3) is 0 Å². The van der Waals surface area contributed by atoms with Crippen molar-refractivity contribution >= 4 is 35.5 Å². The average Bonchev–Trinajstić information content (AvgIpc) is 3.52. The van der Waals surface area contributed by atoms with E-state index in [0.717, 1.165) is 34.7 Å². The highest BCUT2D eigenvalue weighted by Crippen LogP contribution is 2.65. The van der Waals surface area contributed by atoms with Gasteiger partial charge in [0.15, 0.2) is 5.84 Å². The number of aryl methyl sites for hydroxylation is 2. The normalized spacial score (nSPS) is 21.2. The summed E-state index contributed by atoms with van der Waals surface area (Å²) in [7, 11) is 0. The standard InChI is InChI=1S/C32H36F2N6O/c1-7-20(3)15-35-27-14-25(11-9-21(27)4)41-28-12-10-24(13-22(28)5)39-30-29(26(8-2)36-19-37-30)38-23(6)40-17-31(18-40)16-32(31,33)34/h8-15,19-20H,6-7,16-18H2,1-5H3,(H,36,37,39)/b26-8+,35-15?,38-29+. The molecule has 0 radical (unpaired) electrons. The maximum absolute atomic E-state index is 13.7. The molecule has 2 aliphatic heterocycles. The van der Waals surface area contributed by atoms with E-state index in [-0.39, 0.29) is 19.5 Å². The summed E-state index contributed by atoms with van der Waals surface area (Å²) in [5.41, 5.74) is 3.93. The summed E-state index contributed by atoms with van der Waals surface area (Å²) in [5, 5.41) is 3.33. The van der Waals surface area contributed by atoms with Crippen LogP contribution in [0.4, 0.5) is 20.2 Å². The summed E-state index contributed by atoms with van der Waals surface area (Å²) < 4.78 is 33.6. The third kappa shape index (κ3) is 5.85. The molecule has 9 heteroatoms. The molecule has 2 heterocycles. The minimum atomic E-state index is -2.58. The lowest BCUT2D eigenvalue weighted by atomic mass is 9.96. The van der Waals surface area contributed by atoms with Gasteiger partial charge in [-0.1, -0.05) is 32.6 Å². The molecular formula is C32H36F2N6O. The van der Waals surface area contributed by atoms with Gasteiger partial charge in [0.05, 0.1) is 16.8 Å². The second-order valence-corrected chi connectivity index (χ2v) is 11.1. The van der Waals surface area contributed by atoms with E-state index in [2.05, 4.69) is 45.7 Å². The second-order valence-electron chi connectivity index (χ2n) is 11.1. The number of alkyl halides is 2. The van der Waals surface area contributed by atoms with E-state index < -0.39 is 11.3 Å². The molecule has 1 saturated heterocycles. The number of rotatable bonds is 8. The van der Waals surface area contributed by atoms with Crippen molar-refractivity contribution in [3.63, 3.8) is 0 Å². The topological polar surface area (TPSA) is 73.9 Å². The number of halogens is 2. The maximum atomic E-state index is 13.7. The number of allylic oxidation sites excluding steroid dienone is 1. The molecule has 7 nitrogen and oxygen atoms in total. The van der Waals surface area contributed by atoms with Crippen molar-refractivity contribution in [2.24, 2.45) is 31.3 Å². The monoisotopic (exact) mass is 558 g/mol. The molecule has 3 aliphatic rings. The van der Waals surface area contributed by atoms with Gasteiger partial charge in [0.1, 0.15) is 29.4 Å². The number of hydrogen-bond donors (Lipinski definition) is 1. The highest BCUT2D eigenvalue weighted by molar-refractivity contribution is 6.52. The molecule has 5 rings (SSSR count). The number of nitrogens with one attached hydrogen (secondary N) is 1. The molecule has 0 aromatic heterocycles. The lowest BCUT2D eigenvalue weighted by Crippen LogP contribution is -2.50. The molecule has 1 spiro atoms. The van der Waals surface area contributed by atoms with E-state index in [1.54, 1.807) is 4.90 Å². The molecule has 0 bridgehead atoms. The highest BCUT2D eigenvalue weighted by Gasteiger charge is 2.76. The van der Waals surface area contributed by atoms with Gasteiger partial charge in [-0.25, -0.2) is 23.8 Å². The Labute approximate surface area is 240 Å². The number of amidine groups is 1. The quantitative estimate of drug-likeness (QED) is 0.335. The SMILES string of the molecule is C=C(/N=C1/C(Nc2ccc(Oc3ccc(C)c(N=CC(C)CC)c3)c(C)c2)=NC=N/C1=C/C)N1CC2(C1)CC2(F)F. The predicted octanol–water partition coefficient (Wildman–Crippen LogP) is 7.85. The van der Waals surface area contributed by atoms with Gasteiger partial charge >= 0.3 is 0 Å². The molecule has 1 aliphatic carbocycles. The lowest BCUT2D eigenvalue weighted by Gasteiger charge is -2.41. The fourth-order valence-corrected chi connectivity index (χ4v) is 4.81. The van der Waals surface area contributed by atoms with E-state index >= 15 is 0 Å². The Hall–Kier alpha value is -4.14. The third-order valence-corrected chi connectivity index (χ3v) is 7.89. The Bertz CT molecular complexity index is 1510. The van der Waals surface area contributed by atoms with E-state index in [4.69, 9.17) is 4.74 Å². The molecule has 1 saturated carbocycles. The first-order valence-electron chi connectivity index (χ1n) is 13.9. The number of ether oxygens (including phenoxy) is 1. The van der Waals surface area contributed by atoms with Crippen LogP contribution in [0, 0.1) is 25.2 Å². The zero-order chi connectivity index (χ0) is 29.4. The summed E-state index contributed by atoms with van der Waals surface area (Å²) in [6.45, 7) is 14.7. The van der Waals surface area contributed by atoms with Gasteiger partial charge in [-0.2, -0.15) is 0 Å². The van der Waals surface area contributed by atoms with Gasteiger partial charge in [0, 0.05) is 37.5 Å². The fourth-order valence-electron chi connectivity index (χ4n) is 4.81. The van der Waals surface area contributed by atoms with Crippen molar-refractivity contribution in [1.82, 2.24) is 4.90 Å². The van der Waals surface area contributed by atoms with Crippen molar-refractivity contribution in [2.45, 2.75) is 53.4 Å². The second kappa shape index (κ2) is 11.0. The van der Waals surface area contributed by atoms with Gasteiger partial charge in [-0.3, -0.25) is 4.99 Å². The van der Waals surface area contributed by atoms with Crippen LogP contribution in [-0.4, -0.2) is 48.0 Å². The first-order valence-corrected chi connectivity index (χ1v) is 13.9. The van der Waals surface area contributed by atoms with Crippen LogP contribution in [0.5, 0.6) is 11.5 Å². The van der Waals surface area contributed by atoms with Crippen molar-refractivity contribution < 1.29 is 13.5 Å². The minimum absolute atomic E-state index is 0.0602. The molecule has 2 fully saturated rings. The zero-order valence-corrected chi connectivity index (χ0v) is 24.2. The summed E-state index contributed by atoms with van der Waals surface area (Å²) in [4.78, 5) is 19.8. The summed E-state index contributed by atoms with van der Waals surface area (Å²) in [6, 6.07) is 11.7. The smallest absolute Gasteiger partial charge is 0.258 e. The van der Waals surface area contributed by atoms with Gasteiger partial charge in [0.2, 0.25) is 0 Å². The van der Waals surface area contributed by atoms with Crippen LogP contribution in [-0.2, 0) is 0 Å². The summed E-state index contributed by atoms with van der Waals surface area (Å²) in [6.07, 6.45) is 6.25. The number of likely N-dealkylation sites (tertiary alicyclic amines) is 1. The highest BCUT2D eigenvalue weighted by atomic mass is 19.3. The Kier molecular flexibility index (Phi) is 7.64. The largest absolute Gasteiger partial charge is 0.457 e. The Morgan fingerprint density at radius 1 is 1.20 bits per heavy atom. The van der Waals surface area contributed by atoms with E-state index in [9.17, 15) is 8.78 Å². The molecule has 0 amide bonds. The Balaban J connectivity index is 1.29. The van der Waals surface area contributed by atoms with E-state index in [1.807, 2.05) is 69.5 Å². The van der Waals surface area contributed by atoms with Crippen molar-refractivity contribution in [3.05, 3.63) is 71.7 Å². The number of benzene rings is 2. The number of anilines is 1. The number of nitrogens with zero attached hydrogens (tertiary/aromatic N) is 5. The summed E-state index contributed by atoms with van der Waals surface area (Å²) in [5.74, 6) is 0.189. The van der Waals surface area contributed by atoms with Gasteiger partial charge in [-0.15, -0.1) is 0 Å². The van der Waals surface area contributed by atoms with Crippen LogP contribution >= 0.6 is 0 Å². The number of hydrogen-bond acceptors (Lipinski definition) is 7. The molecule has 41 heavy (non-hydrogen) atoms. The first kappa shape index (κ1) is 28.4. The van der Waals surface area contributed by atoms with Crippen LogP contribution in [0.1, 0.15) is 44.7 Å². The van der Waals surface area contributed by atoms with Crippen molar-refractivity contribution in [3.8, 4) is 11.5 Å². The third-order valence-electron chi connectivity index (χ3n) is 7.89. The number of aliphatic imine (C=N–C) groups is 4. The van der Waals surface area contributed by atoms with E-state index in [0.29, 0.717) is 34.7 Å². The van der Waals surface area contributed by atoms with E-state index in [1.165, 1.54) is 6.34 Å². The average molecular weight is 559 g/mol. The van der Waals surface area contributed by atoms with Crippen LogP contribution in [0.15, 0.2) is 80.5 Å². The van der Waals surface area contributed by atoms with Crippen molar-refractivity contribution in [2.75, 3.05) is 18.4 Å². The molecule has 1 atom stereocenters. The molecule has 1 unspecified atom stereocenters.